The van der Waals surface area contributed by atoms with Crippen LogP contribution in [0.15, 0.2) is 29.2 Å². The summed E-state index contributed by atoms with van der Waals surface area (Å²) < 4.78 is 31.9. The van der Waals surface area contributed by atoms with E-state index in [1.165, 1.54) is 12.1 Å². The first-order valence-electron chi connectivity index (χ1n) is 6.20. The van der Waals surface area contributed by atoms with E-state index >= 15 is 0 Å². The lowest BCUT2D eigenvalue weighted by molar-refractivity contribution is 0.188. The zero-order valence-corrected chi connectivity index (χ0v) is 12.4. The predicted molar refractivity (Wildman–Crippen MR) is 76.7 cm³/mol. The SMILES string of the molecule is COCCC(C)NS(=O)(=O)c1cccc(C#CCO)c1. The Kier molecular flexibility index (Phi) is 6.68. The van der Waals surface area contributed by atoms with Crippen LogP contribution in [0.2, 0.25) is 0 Å². The Bertz CT molecular complexity index is 587. The van der Waals surface area contributed by atoms with Crippen LogP contribution in [0, 0.1) is 11.8 Å². The van der Waals surface area contributed by atoms with E-state index in [9.17, 15) is 8.42 Å². The van der Waals surface area contributed by atoms with E-state index in [-0.39, 0.29) is 17.5 Å². The quantitative estimate of drug-likeness (QED) is 0.759. The summed E-state index contributed by atoms with van der Waals surface area (Å²) in [4.78, 5) is 0.159. The number of sulfonamides is 1. The highest BCUT2D eigenvalue weighted by molar-refractivity contribution is 7.89. The molecule has 5 nitrogen and oxygen atoms in total. The Morgan fingerprint density at radius 3 is 2.85 bits per heavy atom. The van der Waals surface area contributed by atoms with E-state index in [2.05, 4.69) is 16.6 Å². The van der Waals surface area contributed by atoms with Gasteiger partial charge in [-0.05, 0) is 31.5 Å². The molecule has 1 atom stereocenters. The van der Waals surface area contributed by atoms with Gasteiger partial charge in [-0.25, -0.2) is 13.1 Å². The molecule has 6 heteroatoms. The Labute approximate surface area is 120 Å². The summed E-state index contributed by atoms with van der Waals surface area (Å²) in [7, 11) is -2.00. The molecular formula is C14H19NO4S. The fourth-order valence-electron chi connectivity index (χ4n) is 1.57. The molecule has 20 heavy (non-hydrogen) atoms. The highest BCUT2D eigenvalue weighted by atomic mass is 32.2. The summed E-state index contributed by atoms with van der Waals surface area (Å²) in [6.45, 7) is 2.01. The largest absolute Gasteiger partial charge is 0.385 e. The number of hydrogen-bond acceptors (Lipinski definition) is 4. The highest BCUT2D eigenvalue weighted by Crippen LogP contribution is 2.12. The summed E-state index contributed by atoms with van der Waals surface area (Å²) >= 11 is 0. The summed E-state index contributed by atoms with van der Waals surface area (Å²) in [6, 6.07) is 6.09. The predicted octanol–water partition coefficient (Wildman–Crippen LogP) is 0.734. The normalized spacial score (nSPS) is 12.6. The average Bonchev–Trinajstić information content (AvgIpc) is 2.42. The number of rotatable bonds is 6. The van der Waals surface area contributed by atoms with Crippen molar-refractivity contribution >= 4 is 10.0 Å². The van der Waals surface area contributed by atoms with Gasteiger partial charge in [0.15, 0.2) is 0 Å². The van der Waals surface area contributed by atoms with Crippen LogP contribution in [0.3, 0.4) is 0 Å². The van der Waals surface area contributed by atoms with Crippen LogP contribution in [0.5, 0.6) is 0 Å². The molecule has 2 N–H and O–H groups in total. The van der Waals surface area contributed by atoms with Gasteiger partial charge in [0.05, 0.1) is 4.90 Å². The topological polar surface area (TPSA) is 75.6 Å². The summed E-state index contributed by atoms with van der Waals surface area (Å²) in [6.07, 6.45) is 0.597. The van der Waals surface area contributed by atoms with Gasteiger partial charge in [-0.2, -0.15) is 0 Å². The lowest BCUT2D eigenvalue weighted by Gasteiger charge is -2.13. The number of nitrogens with one attached hydrogen (secondary N) is 1. The van der Waals surface area contributed by atoms with Crippen molar-refractivity contribution in [2.45, 2.75) is 24.3 Å². The maximum Gasteiger partial charge on any atom is 0.240 e. The first-order chi connectivity index (χ1) is 9.49. The Hall–Kier alpha value is -1.39. The van der Waals surface area contributed by atoms with Crippen molar-refractivity contribution in [2.75, 3.05) is 20.3 Å². The number of aliphatic hydroxyl groups is 1. The molecular weight excluding hydrogens is 278 g/mol. The number of methoxy groups -OCH3 is 1. The van der Waals surface area contributed by atoms with Gasteiger partial charge in [0.2, 0.25) is 10.0 Å². The van der Waals surface area contributed by atoms with Gasteiger partial charge in [-0.15, -0.1) is 0 Å². The minimum Gasteiger partial charge on any atom is -0.385 e. The fraction of sp³-hybridized carbons (Fsp3) is 0.429. The third-order valence-corrected chi connectivity index (χ3v) is 4.15. The molecule has 0 aromatic heterocycles. The fourth-order valence-corrected chi connectivity index (χ4v) is 2.89. The molecule has 0 saturated heterocycles. The van der Waals surface area contributed by atoms with Crippen LogP contribution in [-0.2, 0) is 14.8 Å². The van der Waals surface area contributed by atoms with Gasteiger partial charge in [-0.3, -0.25) is 0 Å². The van der Waals surface area contributed by atoms with Crippen molar-refractivity contribution in [3.8, 4) is 11.8 Å². The summed E-state index contributed by atoms with van der Waals surface area (Å²) in [5.41, 5.74) is 0.548. The smallest absolute Gasteiger partial charge is 0.240 e. The van der Waals surface area contributed by atoms with Crippen molar-refractivity contribution in [3.63, 3.8) is 0 Å². The van der Waals surface area contributed by atoms with Gasteiger partial charge in [0, 0.05) is 25.3 Å². The standard InChI is InChI=1S/C14H19NO4S/c1-12(8-10-19-2)15-20(17,18)14-7-3-5-13(11-14)6-4-9-16/h3,5,7,11-12,15-16H,8-10H2,1-2H3. The van der Waals surface area contributed by atoms with Gasteiger partial charge in [0.25, 0.3) is 0 Å². The molecule has 0 aliphatic rings. The molecule has 0 bridgehead atoms. The molecule has 110 valence electrons. The minimum atomic E-state index is -3.57. The van der Waals surface area contributed by atoms with Crippen LogP contribution >= 0.6 is 0 Å². The third-order valence-electron chi connectivity index (χ3n) is 2.57. The van der Waals surface area contributed by atoms with Gasteiger partial charge in [0.1, 0.15) is 6.61 Å². The Balaban J connectivity index is 2.87. The van der Waals surface area contributed by atoms with Crippen LogP contribution in [0.25, 0.3) is 0 Å². The second kappa shape index (κ2) is 8.02. The molecule has 1 aromatic carbocycles. The molecule has 0 aliphatic heterocycles. The third kappa shape index (κ3) is 5.31. The average molecular weight is 297 g/mol. The molecule has 0 aliphatic carbocycles. The molecule has 1 unspecified atom stereocenters. The molecule has 0 amide bonds. The highest BCUT2D eigenvalue weighted by Gasteiger charge is 2.17. The second-order valence-electron chi connectivity index (χ2n) is 4.29. The second-order valence-corrected chi connectivity index (χ2v) is 6.01. The maximum absolute atomic E-state index is 12.2. The number of benzene rings is 1. The van der Waals surface area contributed by atoms with Crippen LogP contribution < -0.4 is 4.72 Å². The summed E-state index contributed by atoms with van der Waals surface area (Å²) in [5.74, 6) is 5.17. The van der Waals surface area contributed by atoms with Crippen LogP contribution in [0.4, 0.5) is 0 Å². The van der Waals surface area contributed by atoms with E-state index in [1.807, 2.05) is 0 Å². The molecule has 0 heterocycles. The summed E-state index contributed by atoms with van der Waals surface area (Å²) in [5, 5.41) is 8.64. The van der Waals surface area contributed by atoms with Gasteiger partial charge >= 0.3 is 0 Å². The van der Waals surface area contributed by atoms with Crippen molar-refractivity contribution in [1.29, 1.82) is 0 Å². The zero-order valence-electron chi connectivity index (χ0n) is 11.6. The number of aliphatic hydroxyl groups excluding tert-OH is 1. The van der Waals surface area contributed by atoms with E-state index in [0.29, 0.717) is 18.6 Å². The molecule has 0 spiro atoms. The first kappa shape index (κ1) is 16.7. The zero-order chi connectivity index (χ0) is 15.0. The molecule has 0 radical (unpaired) electrons. The monoisotopic (exact) mass is 297 g/mol. The lowest BCUT2D eigenvalue weighted by atomic mass is 10.2. The van der Waals surface area contributed by atoms with E-state index < -0.39 is 10.0 Å². The maximum atomic E-state index is 12.2. The van der Waals surface area contributed by atoms with E-state index in [1.54, 1.807) is 26.2 Å². The lowest BCUT2D eigenvalue weighted by Crippen LogP contribution is -2.33. The molecule has 0 saturated carbocycles. The number of ether oxygens (including phenoxy) is 1. The van der Waals surface area contributed by atoms with Gasteiger partial charge in [-0.1, -0.05) is 17.9 Å². The Morgan fingerprint density at radius 2 is 2.20 bits per heavy atom. The Morgan fingerprint density at radius 1 is 1.45 bits per heavy atom. The molecule has 1 rings (SSSR count). The minimum absolute atomic E-state index is 0.159. The molecule has 1 aromatic rings. The van der Waals surface area contributed by atoms with Crippen molar-refractivity contribution in [2.24, 2.45) is 0 Å². The van der Waals surface area contributed by atoms with Crippen molar-refractivity contribution in [3.05, 3.63) is 29.8 Å². The number of hydrogen-bond donors (Lipinski definition) is 2. The molecule has 0 fully saturated rings. The van der Waals surface area contributed by atoms with Crippen LogP contribution in [-0.4, -0.2) is 39.9 Å². The van der Waals surface area contributed by atoms with Crippen molar-refractivity contribution in [1.82, 2.24) is 4.72 Å². The van der Waals surface area contributed by atoms with E-state index in [4.69, 9.17) is 9.84 Å². The van der Waals surface area contributed by atoms with Crippen LogP contribution in [0.1, 0.15) is 18.9 Å². The van der Waals surface area contributed by atoms with Crippen molar-refractivity contribution < 1.29 is 18.3 Å². The van der Waals surface area contributed by atoms with Gasteiger partial charge < -0.3 is 9.84 Å². The first-order valence-corrected chi connectivity index (χ1v) is 7.69. The van der Waals surface area contributed by atoms with E-state index in [0.717, 1.165) is 0 Å².